The third kappa shape index (κ3) is 4.77. The number of nitrogens with zero attached hydrogens (tertiary/aromatic N) is 3. The van der Waals surface area contributed by atoms with E-state index < -0.39 is 11.9 Å². The second-order valence-electron chi connectivity index (χ2n) is 6.93. The first-order valence-electron chi connectivity index (χ1n) is 9.28. The second kappa shape index (κ2) is 8.83. The van der Waals surface area contributed by atoms with Gasteiger partial charge in [0.05, 0.1) is 31.1 Å². The van der Waals surface area contributed by atoms with Crippen molar-refractivity contribution < 1.29 is 23.6 Å². The van der Waals surface area contributed by atoms with Crippen LogP contribution >= 0.6 is 12.2 Å². The smallest absolute Gasteiger partial charge is 0.414 e. The zero-order valence-corrected chi connectivity index (χ0v) is 16.8. The van der Waals surface area contributed by atoms with Crippen LogP contribution in [0.2, 0.25) is 0 Å². The number of halogens is 1. The Kier molecular flexibility index (Phi) is 6.46. The SMILES string of the molecule is CC(=O)CC[C@H]1CN(c2ccc(N3CCON(C(C)=S)CC3)c(F)c2)C(=O)O1. The van der Waals surface area contributed by atoms with Gasteiger partial charge in [0.1, 0.15) is 22.7 Å². The number of anilines is 2. The lowest BCUT2D eigenvalue weighted by atomic mass is 10.1. The van der Waals surface area contributed by atoms with Crippen molar-refractivity contribution in [3.8, 4) is 0 Å². The molecule has 1 aromatic carbocycles. The molecule has 0 saturated carbocycles. The predicted molar refractivity (Wildman–Crippen MR) is 107 cm³/mol. The second-order valence-corrected chi connectivity index (χ2v) is 7.52. The van der Waals surface area contributed by atoms with Crippen LogP contribution in [0.1, 0.15) is 26.7 Å². The summed E-state index contributed by atoms with van der Waals surface area (Å²) in [6.45, 7) is 5.67. The van der Waals surface area contributed by atoms with E-state index in [1.165, 1.54) is 17.9 Å². The Bertz CT molecular complexity index is 776. The minimum atomic E-state index is -0.518. The van der Waals surface area contributed by atoms with Gasteiger partial charge < -0.3 is 14.4 Å². The van der Waals surface area contributed by atoms with Crippen molar-refractivity contribution in [1.29, 1.82) is 0 Å². The lowest BCUT2D eigenvalue weighted by Gasteiger charge is -2.24. The number of thiocarbonyl (C=S) groups is 1. The number of amides is 1. The first kappa shape index (κ1) is 20.5. The van der Waals surface area contributed by atoms with Gasteiger partial charge in [-0.3, -0.25) is 9.74 Å². The summed E-state index contributed by atoms with van der Waals surface area (Å²) in [5.41, 5.74) is 0.899. The van der Waals surface area contributed by atoms with Crippen LogP contribution in [0, 0.1) is 5.82 Å². The first-order chi connectivity index (χ1) is 13.3. The van der Waals surface area contributed by atoms with Crippen molar-refractivity contribution in [3.05, 3.63) is 24.0 Å². The Morgan fingerprint density at radius 1 is 1.29 bits per heavy atom. The van der Waals surface area contributed by atoms with Gasteiger partial charge in [0.25, 0.3) is 0 Å². The summed E-state index contributed by atoms with van der Waals surface area (Å²) in [6, 6.07) is 4.72. The first-order valence-corrected chi connectivity index (χ1v) is 9.69. The van der Waals surface area contributed by atoms with E-state index in [4.69, 9.17) is 21.8 Å². The fourth-order valence-corrected chi connectivity index (χ4v) is 3.45. The summed E-state index contributed by atoms with van der Waals surface area (Å²) in [5, 5.41) is 1.64. The maximum atomic E-state index is 14.8. The van der Waals surface area contributed by atoms with Crippen LogP contribution in [0.25, 0.3) is 0 Å². The molecule has 0 aliphatic carbocycles. The number of hydrogen-bond donors (Lipinski definition) is 0. The molecule has 7 nitrogen and oxygen atoms in total. The lowest BCUT2D eigenvalue weighted by Crippen LogP contribution is -2.32. The van der Waals surface area contributed by atoms with E-state index in [0.29, 0.717) is 62.0 Å². The monoisotopic (exact) mass is 409 g/mol. The predicted octanol–water partition coefficient (Wildman–Crippen LogP) is 2.92. The minimum absolute atomic E-state index is 0.0497. The average molecular weight is 409 g/mol. The maximum absolute atomic E-state index is 14.8. The minimum Gasteiger partial charge on any atom is -0.444 e. The highest BCUT2D eigenvalue weighted by molar-refractivity contribution is 7.80. The van der Waals surface area contributed by atoms with Crippen molar-refractivity contribution >= 4 is 40.5 Å². The Labute approximate surface area is 168 Å². The fraction of sp³-hybridized carbons (Fsp3) is 0.526. The summed E-state index contributed by atoms with van der Waals surface area (Å²) >= 11 is 5.13. The highest BCUT2D eigenvalue weighted by Gasteiger charge is 2.32. The molecule has 0 N–H and O–H groups in total. The topological polar surface area (TPSA) is 62.3 Å². The van der Waals surface area contributed by atoms with Crippen molar-refractivity contribution in [1.82, 2.24) is 5.06 Å². The van der Waals surface area contributed by atoms with Gasteiger partial charge in [0.15, 0.2) is 0 Å². The van der Waals surface area contributed by atoms with Crippen LogP contribution < -0.4 is 9.80 Å². The molecule has 1 aromatic rings. The van der Waals surface area contributed by atoms with Crippen LogP contribution in [0.4, 0.5) is 20.6 Å². The van der Waals surface area contributed by atoms with Crippen molar-refractivity contribution in [2.75, 3.05) is 42.6 Å². The number of hydrogen-bond acceptors (Lipinski definition) is 6. The third-order valence-electron chi connectivity index (χ3n) is 4.81. The molecule has 0 bridgehead atoms. The van der Waals surface area contributed by atoms with Gasteiger partial charge in [-0.05, 0) is 38.5 Å². The van der Waals surface area contributed by atoms with Gasteiger partial charge in [0, 0.05) is 19.5 Å². The number of benzene rings is 1. The highest BCUT2D eigenvalue weighted by atomic mass is 32.1. The van der Waals surface area contributed by atoms with Gasteiger partial charge >= 0.3 is 6.09 Å². The van der Waals surface area contributed by atoms with Crippen LogP contribution in [0.5, 0.6) is 0 Å². The fourth-order valence-electron chi connectivity index (χ4n) is 3.31. The third-order valence-corrected chi connectivity index (χ3v) is 5.01. The number of ketones is 1. The van der Waals surface area contributed by atoms with Gasteiger partial charge in [-0.25, -0.2) is 14.2 Å². The highest BCUT2D eigenvalue weighted by Crippen LogP contribution is 2.29. The Hall–Kier alpha value is -2.26. The molecule has 1 atom stereocenters. The number of cyclic esters (lactones) is 1. The summed E-state index contributed by atoms with van der Waals surface area (Å²) in [4.78, 5) is 32.8. The van der Waals surface area contributed by atoms with Crippen molar-refractivity contribution in [2.24, 2.45) is 0 Å². The Balaban J connectivity index is 1.68. The molecule has 0 unspecified atom stereocenters. The van der Waals surface area contributed by atoms with Gasteiger partial charge in [-0.1, -0.05) is 12.2 Å². The Morgan fingerprint density at radius 3 is 2.75 bits per heavy atom. The molecule has 2 heterocycles. The van der Waals surface area contributed by atoms with E-state index in [2.05, 4.69) is 0 Å². The number of carbonyl (C=O) groups excluding carboxylic acids is 2. The zero-order chi connectivity index (χ0) is 20.3. The molecule has 9 heteroatoms. The number of rotatable bonds is 5. The van der Waals surface area contributed by atoms with Crippen LogP contribution in [-0.2, 0) is 14.4 Å². The standard InChI is InChI=1S/C19H24FN3O4S/c1-13(24)3-5-16-12-22(19(25)27-16)15-4-6-18(17(20)11-15)21-7-8-23(14(2)28)26-10-9-21/h4,6,11,16H,3,5,7-10,12H2,1-2H3/t16-/m0/s1. The molecule has 28 heavy (non-hydrogen) atoms. The summed E-state index contributed by atoms with van der Waals surface area (Å²) in [7, 11) is 0. The molecular weight excluding hydrogens is 385 g/mol. The van der Waals surface area contributed by atoms with Gasteiger partial charge in [-0.15, -0.1) is 0 Å². The molecular formula is C19H24FN3O4S. The zero-order valence-electron chi connectivity index (χ0n) is 16.0. The van der Waals surface area contributed by atoms with E-state index in [1.807, 2.05) is 4.90 Å². The molecule has 3 rings (SSSR count). The van der Waals surface area contributed by atoms with Gasteiger partial charge in [-0.2, -0.15) is 0 Å². The molecule has 2 aliphatic heterocycles. The van der Waals surface area contributed by atoms with E-state index in [1.54, 1.807) is 24.1 Å². The molecule has 0 aromatic heterocycles. The maximum Gasteiger partial charge on any atom is 0.414 e. The van der Waals surface area contributed by atoms with Crippen LogP contribution in [0.15, 0.2) is 18.2 Å². The molecule has 0 spiro atoms. The van der Waals surface area contributed by atoms with E-state index >= 15 is 0 Å². The molecule has 1 amide bonds. The van der Waals surface area contributed by atoms with E-state index in [0.717, 1.165) is 0 Å². The molecule has 2 fully saturated rings. The van der Waals surface area contributed by atoms with Crippen LogP contribution in [-0.4, -0.2) is 60.8 Å². The number of carbonyl (C=O) groups is 2. The van der Waals surface area contributed by atoms with E-state index in [9.17, 15) is 14.0 Å². The number of ether oxygens (including phenoxy) is 1. The quantitative estimate of drug-likeness (QED) is 0.693. The summed E-state index contributed by atoms with van der Waals surface area (Å²) in [5.74, 6) is -0.362. The van der Waals surface area contributed by atoms with E-state index in [-0.39, 0.29) is 11.9 Å². The Morgan fingerprint density at radius 2 is 2.07 bits per heavy atom. The summed E-state index contributed by atoms with van der Waals surface area (Å²) in [6.07, 6.45) is -0.0440. The normalized spacial score (nSPS) is 20.2. The molecule has 0 radical (unpaired) electrons. The average Bonchev–Trinajstić information content (AvgIpc) is 2.85. The van der Waals surface area contributed by atoms with Crippen molar-refractivity contribution in [2.45, 2.75) is 32.8 Å². The molecule has 2 aliphatic rings. The number of Topliss-reactive ketones (excluding diaryl/α,β-unsaturated/α-hetero) is 1. The lowest BCUT2D eigenvalue weighted by molar-refractivity contribution is -0.117. The van der Waals surface area contributed by atoms with Crippen molar-refractivity contribution in [3.63, 3.8) is 0 Å². The largest absolute Gasteiger partial charge is 0.444 e. The molecule has 2 saturated heterocycles. The van der Waals surface area contributed by atoms with Crippen LogP contribution in [0.3, 0.4) is 0 Å². The van der Waals surface area contributed by atoms with Gasteiger partial charge in [0.2, 0.25) is 0 Å². The molecule has 152 valence electrons. The number of hydroxylamine groups is 2. The summed E-state index contributed by atoms with van der Waals surface area (Å²) < 4.78 is 20.1.